The third-order valence-electron chi connectivity index (χ3n) is 4.98. The fraction of sp³-hybridized carbons (Fsp3) is 0.529. The molecule has 0 bridgehead atoms. The zero-order valence-corrected chi connectivity index (χ0v) is 10.9. The van der Waals surface area contributed by atoms with Gasteiger partial charge in [-0.1, -0.05) is 24.3 Å². The molecule has 1 fully saturated rings. The normalized spacial score (nSPS) is 29.9. The largest absolute Gasteiger partial charge is 0.313 e. The molecule has 18 heavy (non-hydrogen) atoms. The van der Waals surface area contributed by atoms with Gasteiger partial charge in [0.2, 0.25) is 0 Å². The van der Waals surface area contributed by atoms with Crippen molar-refractivity contribution in [3.05, 3.63) is 41.0 Å². The summed E-state index contributed by atoms with van der Waals surface area (Å²) in [6.07, 6.45) is 10.3. The Labute approximate surface area is 109 Å². The predicted molar refractivity (Wildman–Crippen MR) is 75.7 cm³/mol. The van der Waals surface area contributed by atoms with Crippen LogP contribution < -0.4 is 5.32 Å². The van der Waals surface area contributed by atoms with Crippen LogP contribution in [0.1, 0.15) is 54.7 Å². The lowest BCUT2D eigenvalue weighted by atomic mass is 9.89. The van der Waals surface area contributed by atoms with Gasteiger partial charge in [-0.25, -0.2) is 0 Å². The third kappa shape index (κ3) is 1.65. The first kappa shape index (κ1) is 10.8. The second kappa shape index (κ2) is 4.24. The van der Waals surface area contributed by atoms with Crippen molar-refractivity contribution in [3.63, 3.8) is 0 Å². The lowest BCUT2D eigenvalue weighted by Crippen LogP contribution is -2.37. The van der Waals surface area contributed by atoms with Crippen molar-refractivity contribution >= 4 is 5.57 Å². The zero-order chi connectivity index (χ0) is 11.9. The summed E-state index contributed by atoms with van der Waals surface area (Å²) in [7, 11) is 0. The van der Waals surface area contributed by atoms with E-state index in [4.69, 9.17) is 0 Å². The molecule has 1 heterocycles. The van der Waals surface area contributed by atoms with Crippen LogP contribution in [0.15, 0.2) is 24.3 Å². The molecule has 0 amide bonds. The topological polar surface area (TPSA) is 12.0 Å². The molecule has 1 aliphatic heterocycles. The van der Waals surface area contributed by atoms with Gasteiger partial charge in [-0.3, -0.25) is 0 Å². The summed E-state index contributed by atoms with van der Waals surface area (Å²) in [6.45, 7) is 1.22. The molecular formula is C17H21N. The Kier molecular flexibility index (Phi) is 2.54. The number of hydrogen-bond acceptors (Lipinski definition) is 1. The first-order chi connectivity index (χ1) is 8.92. The Balaban J connectivity index is 1.71. The van der Waals surface area contributed by atoms with Gasteiger partial charge in [0.25, 0.3) is 0 Å². The molecule has 0 radical (unpaired) electrons. The smallest absolute Gasteiger partial charge is 0.0176 e. The van der Waals surface area contributed by atoms with Crippen LogP contribution in [0.3, 0.4) is 0 Å². The van der Waals surface area contributed by atoms with Gasteiger partial charge in [0.1, 0.15) is 0 Å². The summed E-state index contributed by atoms with van der Waals surface area (Å²) in [5, 5.41) is 3.70. The van der Waals surface area contributed by atoms with Crippen LogP contribution in [-0.4, -0.2) is 12.6 Å². The van der Waals surface area contributed by atoms with Crippen molar-refractivity contribution in [2.24, 2.45) is 0 Å². The summed E-state index contributed by atoms with van der Waals surface area (Å²) in [5.41, 5.74) is 6.33. The molecule has 0 unspecified atom stereocenters. The first-order valence-corrected chi connectivity index (χ1v) is 7.47. The van der Waals surface area contributed by atoms with E-state index >= 15 is 0 Å². The SMILES string of the molecule is C1=C(c2ccc3c(c2)[C@@H]2CCCN[C@@H]2C3)CCC1. The van der Waals surface area contributed by atoms with Crippen molar-refractivity contribution in [3.8, 4) is 0 Å². The van der Waals surface area contributed by atoms with E-state index in [1.54, 1.807) is 16.7 Å². The fourth-order valence-corrected chi connectivity index (χ4v) is 4.04. The van der Waals surface area contributed by atoms with E-state index in [1.807, 2.05) is 0 Å². The Morgan fingerprint density at radius 2 is 2.17 bits per heavy atom. The lowest BCUT2D eigenvalue weighted by molar-refractivity contribution is 0.372. The molecule has 0 saturated carbocycles. The van der Waals surface area contributed by atoms with Crippen LogP contribution in [0.4, 0.5) is 0 Å². The van der Waals surface area contributed by atoms with Gasteiger partial charge >= 0.3 is 0 Å². The number of allylic oxidation sites excluding steroid dienone is 2. The van der Waals surface area contributed by atoms with Gasteiger partial charge in [0.15, 0.2) is 0 Å². The Hall–Kier alpha value is -1.08. The summed E-state index contributed by atoms with van der Waals surface area (Å²) < 4.78 is 0. The lowest BCUT2D eigenvalue weighted by Gasteiger charge is -2.27. The van der Waals surface area contributed by atoms with Crippen LogP contribution in [0.5, 0.6) is 0 Å². The van der Waals surface area contributed by atoms with Crippen molar-refractivity contribution in [1.29, 1.82) is 0 Å². The molecule has 2 aliphatic carbocycles. The third-order valence-corrected chi connectivity index (χ3v) is 4.98. The highest BCUT2D eigenvalue weighted by atomic mass is 14.9. The number of piperidine rings is 1. The number of fused-ring (bicyclic) bond motifs is 3. The van der Waals surface area contributed by atoms with Crippen LogP contribution in [-0.2, 0) is 6.42 Å². The molecule has 2 atom stereocenters. The molecule has 1 nitrogen and oxygen atoms in total. The Morgan fingerprint density at radius 1 is 1.17 bits per heavy atom. The Bertz CT molecular complexity index is 500. The summed E-state index contributed by atoms with van der Waals surface area (Å²) in [6, 6.07) is 7.97. The maximum atomic E-state index is 3.70. The summed E-state index contributed by atoms with van der Waals surface area (Å²) in [5.74, 6) is 0.788. The van der Waals surface area contributed by atoms with Crippen molar-refractivity contribution in [2.45, 2.75) is 50.5 Å². The van der Waals surface area contributed by atoms with E-state index in [0.29, 0.717) is 0 Å². The predicted octanol–water partition coefficient (Wildman–Crippen LogP) is 3.65. The standard InChI is InChI=1S/C17H21N/c1-2-5-12(4-1)13-7-8-14-11-17-15(16(14)10-13)6-3-9-18-17/h4,7-8,10,15,17-18H,1-3,5-6,9,11H2/t15-,17+/m0/s1. The van der Waals surface area contributed by atoms with Gasteiger partial charge in [0.05, 0.1) is 0 Å². The maximum absolute atomic E-state index is 3.70. The highest BCUT2D eigenvalue weighted by Gasteiger charge is 2.34. The minimum absolute atomic E-state index is 0.724. The molecule has 1 aromatic rings. The number of hydrogen-bond donors (Lipinski definition) is 1. The number of benzene rings is 1. The molecule has 1 N–H and O–H groups in total. The van der Waals surface area contributed by atoms with Crippen LogP contribution in [0.25, 0.3) is 5.57 Å². The number of rotatable bonds is 1. The van der Waals surface area contributed by atoms with Crippen molar-refractivity contribution < 1.29 is 0 Å². The summed E-state index contributed by atoms with van der Waals surface area (Å²) in [4.78, 5) is 0. The maximum Gasteiger partial charge on any atom is 0.0176 e. The van der Waals surface area contributed by atoms with Crippen LogP contribution >= 0.6 is 0 Å². The molecule has 0 aromatic heterocycles. The monoisotopic (exact) mass is 239 g/mol. The molecule has 94 valence electrons. The van der Waals surface area contributed by atoms with Gasteiger partial charge in [-0.2, -0.15) is 0 Å². The van der Waals surface area contributed by atoms with Crippen molar-refractivity contribution in [2.75, 3.05) is 6.54 Å². The minimum atomic E-state index is 0.724. The number of nitrogens with one attached hydrogen (secondary N) is 1. The van der Waals surface area contributed by atoms with Gasteiger partial charge in [0, 0.05) is 6.04 Å². The molecule has 4 rings (SSSR count). The van der Waals surface area contributed by atoms with E-state index in [9.17, 15) is 0 Å². The summed E-state index contributed by atoms with van der Waals surface area (Å²) >= 11 is 0. The second-order valence-corrected chi connectivity index (χ2v) is 6.05. The van der Waals surface area contributed by atoms with E-state index in [-0.39, 0.29) is 0 Å². The molecule has 1 aromatic carbocycles. The fourth-order valence-electron chi connectivity index (χ4n) is 4.04. The van der Waals surface area contributed by atoms with Crippen molar-refractivity contribution in [1.82, 2.24) is 5.32 Å². The first-order valence-electron chi connectivity index (χ1n) is 7.47. The molecule has 1 saturated heterocycles. The van der Waals surface area contributed by atoms with Gasteiger partial charge in [-0.15, -0.1) is 0 Å². The minimum Gasteiger partial charge on any atom is -0.313 e. The quantitative estimate of drug-likeness (QED) is 0.789. The van der Waals surface area contributed by atoms with E-state index in [2.05, 4.69) is 29.6 Å². The molecule has 1 heteroatoms. The van der Waals surface area contributed by atoms with E-state index < -0.39 is 0 Å². The van der Waals surface area contributed by atoms with Crippen LogP contribution in [0, 0.1) is 0 Å². The molecular weight excluding hydrogens is 218 g/mol. The highest BCUT2D eigenvalue weighted by Crippen LogP contribution is 2.40. The second-order valence-electron chi connectivity index (χ2n) is 6.05. The average Bonchev–Trinajstić information content (AvgIpc) is 3.05. The molecule has 0 spiro atoms. The van der Waals surface area contributed by atoms with Crippen LogP contribution in [0.2, 0.25) is 0 Å². The van der Waals surface area contributed by atoms with E-state index in [0.717, 1.165) is 12.0 Å². The van der Waals surface area contributed by atoms with Gasteiger partial charge in [-0.05, 0) is 73.3 Å². The Morgan fingerprint density at radius 3 is 3.06 bits per heavy atom. The molecule has 3 aliphatic rings. The van der Waals surface area contributed by atoms with E-state index in [1.165, 1.54) is 50.6 Å². The highest BCUT2D eigenvalue weighted by molar-refractivity contribution is 5.68. The van der Waals surface area contributed by atoms with Gasteiger partial charge < -0.3 is 5.32 Å². The zero-order valence-electron chi connectivity index (χ0n) is 10.9. The average molecular weight is 239 g/mol.